The Labute approximate surface area is 159 Å². The zero-order valence-electron chi connectivity index (χ0n) is 14.7. The number of Topliss-reactive ketones (excluding diaryl/α,β-unsaturated/α-hetero) is 1. The smallest absolute Gasteiger partial charge is 0.213 e. The van der Waals surface area contributed by atoms with Crippen molar-refractivity contribution in [1.82, 2.24) is 15.2 Å². The number of benzene rings is 1. The maximum atomic E-state index is 11.4. The molecule has 3 rings (SSSR count). The highest BCUT2D eigenvalue weighted by molar-refractivity contribution is 8.04. The van der Waals surface area contributed by atoms with Crippen molar-refractivity contribution >= 4 is 29.6 Å². The Hall–Kier alpha value is -3.13. The Morgan fingerprint density at radius 2 is 1.96 bits per heavy atom. The van der Waals surface area contributed by atoms with Gasteiger partial charge in [-0.25, -0.2) is 4.98 Å². The molecule has 0 saturated carbocycles. The van der Waals surface area contributed by atoms with Crippen molar-refractivity contribution in [2.75, 3.05) is 0 Å². The van der Waals surface area contributed by atoms with Crippen LogP contribution in [-0.4, -0.2) is 26.9 Å². The summed E-state index contributed by atoms with van der Waals surface area (Å²) in [7, 11) is 0. The molecule has 27 heavy (non-hydrogen) atoms. The molecule has 2 heterocycles. The van der Waals surface area contributed by atoms with E-state index >= 15 is 0 Å². The van der Waals surface area contributed by atoms with Crippen molar-refractivity contribution in [3.63, 3.8) is 0 Å². The molecule has 2 aromatic heterocycles. The lowest BCUT2D eigenvalue weighted by Crippen LogP contribution is -2.23. The lowest BCUT2D eigenvalue weighted by Gasteiger charge is -2.04. The fraction of sp³-hybridized carbons (Fsp3) is 0.158. The van der Waals surface area contributed by atoms with Crippen LogP contribution in [0.4, 0.5) is 0 Å². The van der Waals surface area contributed by atoms with E-state index in [1.165, 1.54) is 13.0 Å². The van der Waals surface area contributed by atoms with Crippen LogP contribution in [0.2, 0.25) is 0 Å². The van der Waals surface area contributed by atoms with E-state index in [9.17, 15) is 14.7 Å². The van der Waals surface area contributed by atoms with Crippen LogP contribution in [-0.2, 0) is 11.2 Å². The molecule has 0 aliphatic carbocycles. The van der Waals surface area contributed by atoms with Crippen LogP contribution in [0, 0.1) is 0 Å². The number of aliphatic carboxylic acids is 1. The SMILES string of the molecule is CCc1nc(S/C(=C/c2ccc(-c3ccc(C(C)=O)cc3)o2)C(=O)[O-])n[nH]1. The van der Waals surface area contributed by atoms with Gasteiger partial charge in [0.1, 0.15) is 17.3 Å². The third kappa shape index (κ3) is 4.53. The van der Waals surface area contributed by atoms with Gasteiger partial charge in [0.15, 0.2) is 5.78 Å². The number of nitrogens with one attached hydrogen (secondary N) is 1. The van der Waals surface area contributed by atoms with Crippen LogP contribution in [0.25, 0.3) is 17.4 Å². The minimum absolute atomic E-state index is 0.0153. The molecule has 0 aliphatic rings. The molecule has 0 radical (unpaired) electrons. The van der Waals surface area contributed by atoms with Gasteiger partial charge in [0.2, 0.25) is 5.16 Å². The molecular formula is C19H16N3O4S-. The Balaban J connectivity index is 1.82. The highest BCUT2D eigenvalue weighted by Crippen LogP contribution is 2.28. The molecule has 8 heteroatoms. The van der Waals surface area contributed by atoms with Gasteiger partial charge in [-0.2, -0.15) is 0 Å². The number of aryl methyl sites for hydroxylation is 1. The number of aromatic nitrogens is 3. The lowest BCUT2D eigenvalue weighted by atomic mass is 10.1. The number of ketones is 1. The first-order valence-electron chi connectivity index (χ1n) is 8.19. The molecule has 138 valence electrons. The molecule has 0 amide bonds. The van der Waals surface area contributed by atoms with Crippen molar-refractivity contribution in [1.29, 1.82) is 0 Å². The number of carbonyl (C=O) groups excluding carboxylic acids is 2. The van der Waals surface area contributed by atoms with Crippen LogP contribution < -0.4 is 5.11 Å². The quantitative estimate of drug-likeness (QED) is 0.380. The van der Waals surface area contributed by atoms with Gasteiger partial charge < -0.3 is 14.3 Å². The highest BCUT2D eigenvalue weighted by Gasteiger charge is 2.10. The predicted octanol–water partition coefficient (Wildman–Crippen LogP) is 2.71. The van der Waals surface area contributed by atoms with Crippen molar-refractivity contribution in [2.45, 2.75) is 25.4 Å². The third-order valence-corrected chi connectivity index (χ3v) is 4.59. The number of hydrogen-bond acceptors (Lipinski definition) is 7. The summed E-state index contributed by atoms with van der Waals surface area (Å²) < 4.78 is 5.70. The number of aromatic amines is 1. The summed E-state index contributed by atoms with van der Waals surface area (Å²) in [5.41, 5.74) is 1.39. The molecular weight excluding hydrogens is 366 g/mol. The molecule has 0 saturated heterocycles. The molecule has 3 aromatic rings. The Morgan fingerprint density at radius 3 is 2.56 bits per heavy atom. The fourth-order valence-corrected chi connectivity index (χ4v) is 3.00. The first-order valence-corrected chi connectivity index (χ1v) is 9.01. The highest BCUT2D eigenvalue weighted by atomic mass is 32.2. The zero-order valence-corrected chi connectivity index (χ0v) is 15.5. The van der Waals surface area contributed by atoms with Crippen LogP contribution in [0.3, 0.4) is 0 Å². The molecule has 0 spiro atoms. The van der Waals surface area contributed by atoms with E-state index in [2.05, 4.69) is 15.2 Å². The normalized spacial score (nSPS) is 11.6. The van der Waals surface area contributed by atoms with Crippen molar-refractivity contribution < 1.29 is 19.1 Å². The Kier molecular flexibility index (Phi) is 5.56. The molecule has 0 aliphatic heterocycles. The molecule has 0 unspecified atom stereocenters. The lowest BCUT2D eigenvalue weighted by molar-refractivity contribution is -0.298. The third-order valence-electron chi connectivity index (χ3n) is 3.72. The maximum Gasteiger partial charge on any atom is 0.213 e. The Morgan fingerprint density at radius 1 is 1.22 bits per heavy atom. The molecule has 0 bridgehead atoms. The number of carboxylic acids is 1. The summed E-state index contributed by atoms with van der Waals surface area (Å²) in [6, 6.07) is 10.4. The molecule has 0 atom stereocenters. The summed E-state index contributed by atoms with van der Waals surface area (Å²) >= 11 is 0.886. The van der Waals surface area contributed by atoms with Gasteiger partial charge in [0, 0.05) is 22.5 Å². The number of nitrogens with zero attached hydrogens (tertiary/aromatic N) is 2. The van der Waals surface area contributed by atoms with E-state index in [1.54, 1.807) is 36.4 Å². The Bertz CT molecular complexity index is 1000. The number of H-pyrrole nitrogens is 1. The van der Waals surface area contributed by atoms with Crippen LogP contribution in [0.5, 0.6) is 0 Å². The molecule has 1 N–H and O–H groups in total. The summed E-state index contributed by atoms with van der Waals surface area (Å²) in [6.07, 6.45) is 2.04. The molecule has 7 nitrogen and oxygen atoms in total. The first-order chi connectivity index (χ1) is 13.0. The van der Waals surface area contributed by atoms with Crippen LogP contribution in [0.1, 0.15) is 35.8 Å². The van der Waals surface area contributed by atoms with E-state index in [1.807, 2.05) is 6.92 Å². The summed E-state index contributed by atoms with van der Waals surface area (Å²) in [4.78, 5) is 26.9. The zero-order chi connectivity index (χ0) is 19.4. The number of furan rings is 1. The van der Waals surface area contributed by atoms with E-state index in [-0.39, 0.29) is 10.7 Å². The maximum absolute atomic E-state index is 11.4. The largest absolute Gasteiger partial charge is 0.544 e. The van der Waals surface area contributed by atoms with E-state index in [0.29, 0.717) is 34.5 Å². The van der Waals surface area contributed by atoms with Gasteiger partial charge in [-0.05, 0) is 36.9 Å². The minimum Gasteiger partial charge on any atom is -0.544 e. The second-order valence-electron chi connectivity index (χ2n) is 5.65. The van der Waals surface area contributed by atoms with Gasteiger partial charge in [-0.1, -0.05) is 31.2 Å². The number of rotatable bonds is 7. The summed E-state index contributed by atoms with van der Waals surface area (Å²) in [6.45, 7) is 3.42. The fourth-order valence-electron chi connectivity index (χ4n) is 2.29. The van der Waals surface area contributed by atoms with Gasteiger partial charge in [-0.3, -0.25) is 9.89 Å². The van der Waals surface area contributed by atoms with E-state index < -0.39 is 5.97 Å². The number of carbonyl (C=O) groups is 2. The second-order valence-corrected chi connectivity index (χ2v) is 6.66. The minimum atomic E-state index is -1.34. The second kappa shape index (κ2) is 8.05. The summed E-state index contributed by atoms with van der Waals surface area (Å²) in [5, 5.41) is 18.4. The van der Waals surface area contributed by atoms with Gasteiger partial charge in [0.05, 0.1) is 5.97 Å². The van der Waals surface area contributed by atoms with E-state index in [0.717, 1.165) is 17.3 Å². The summed E-state index contributed by atoms with van der Waals surface area (Å²) in [5.74, 6) is 0.235. The predicted molar refractivity (Wildman–Crippen MR) is 98.8 cm³/mol. The van der Waals surface area contributed by atoms with Crippen molar-refractivity contribution in [3.8, 4) is 11.3 Å². The van der Waals surface area contributed by atoms with Crippen LogP contribution in [0.15, 0.2) is 50.9 Å². The van der Waals surface area contributed by atoms with Gasteiger partial charge in [-0.15, -0.1) is 5.10 Å². The number of carboxylic acid groups (broad SMARTS) is 1. The number of hydrogen-bond donors (Lipinski definition) is 1. The van der Waals surface area contributed by atoms with Crippen molar-refractivity contribution in [3.05, 3.63) is 58.5 Å². The van der Waals surface area contributed by atoms with Crippen molar-refractivity contribution in [2.24, 2.45) is 0 Å². The number of thioether (sulfide) groups is 1. The monoisotopic (exact) mass is 382 g/mol. The van der Waals surface area contributed by atoms with Crippen LogP contribution >= 0.6 is 11.8 Å². The topological polar surface area (TPSA) is 112 Å². The van der Waals surface area contributed by atoms with Gasteiger partial charge in [0.25, 0.3) is 0 Å². The standard InChI is InChI=1S/C19H17N3O4S/c1-3-17-20-19(22-21-17)27-16(18(24)25)10-14-8-9-15(26-14)13-6-4-12(5-7-13)11(2)23/h4-10H,3H2,1-2H3,(H,24,25)(H,20,21,22)/p-1/b16-10+. The average molecular weight is 382 g/mol. The van der Waals surface area contributed by atoms with E-state index in [4.69, 9.17) is 4.42 Å². The first kappa shape index (κ1) is 18.7. The molecule has 1 aromatic carbocycles. The van der Waals surface area contributed by atoms with Gasteiger partial charge >= 0.3 is 0 Å². The molecule has 0 fully saturated rings. The average Bonchev–Trinajstić information content (AvgIpc) is 3.30.